The van der Waals surface area contributed by atoms with E-state index < -0.39 is 11.9 Å². The van der Waals surface area contributed by atoms with Crippen LogP contribution in [0.5, 0.6) is 0 Å². The van der Waals surface area contributed by atoms with E-state index in [9.17, 15) is 19.2 Å². The third kappa shape index (κ3) is 4.77. The summed E-state index contributed by atoms with van der Waals surface area (Å²) in [6.45, 7) is 5.91. The molecule has 3 rings (SSSR count). The Morgan fingerprint density at radius 3 is 2.43 bits per heavy atom. The van der Waals surface area contributed by atoms with Crippen molar-refractivity contribution in [1.82, 2.24) is 9.88 Å². The normalized spacial score (nSPS) is 21.7. The van der Waals surface area contributed by atoms with Crippen LogP contribution in [0.25, 0.3) is 0 Å². The van der Waals surface area contributed by atoms with Crippen LogP contribution in [0.1, 0.15) is 45.7 Å². The van der Waals surface area contributed by atoms with Crippen LogP contribution in [0.15, 0.2) is 17.5 Å². The molecular weight excluding hydrogens is 406 g/mol. The zero-order chi connectivity index (χ0) is 21.8. The van der Waals surface area contributed by atoms with Gasteiger partial charge in [-0.25, -0.2) is 4.98 Å². The quantitative estimate of drug-likeness (QED) is 0.384. The summed E-state index contributed by atoms with van der Waals surface area (Å²) in [5.41, 5.74) is 0.500. The highest BCUT2D eigenvalue weighted by Crippen LogP contribution is 2.37. The van der Waals surface area contributed by atoms with E-state index in [1.54, 1.807) is 12.3 Å². The molecule has 0 spiro atoms. The van der Waals surface area contributed by atoms with Crippen molar-refractivity contribution in [3.8, 4) is 0 Å². The van der Waals surface area contributed by atoms with Gasteiger partial charge in [0.15, 0.2) is 5.13 Å². The monoisotopic (exact) mass is 433 g/mol. The van der Waals surface area contributed by atoms with E-state index in [2.05, 4.69) is 10.3 Å². The van der Waals surface area contributed by atoms with Crippen molar-refractivity contribution >= 4 is 40.2 Å². The Kier molecular flexibility index (Phi) is 7.02. The number of hydrogen-bond acceptors (Lipinski definition) is 7. The minimum absolute atomic E-state index is 0.0229. The van der Waals surface area contributed by atoms with E-state index in [0.29, 0.717) is 36.7 Å². The number of carbonyl (C=O) groups is 4. The molecule has 1 N–H and O–H groups in total. The van der Waals surface area contributed by atoms with Gasteiger partial charge in [0.2, 0.25) is 17.7 Å². The van der Waals surface area contributed by atoms with Gasteiger partial charge in [0, 0.05) is 5.38 Å². The molecule has 0 radical (unpaired) electrons. The third-order valence-electron chi connectivity index (χ3n) is 5.26. The molecule has 30 heavy (non-hydrogen) atoms. The van der Waals surface area contributed by atoms with E-state index in [1.165, 1.54) is 16.2 Å². The molecule has 1 aromatic heterocycles. The molecular formula is C21H27N3O5S. The topological polar surface area (TPSA) is 106 Å². The smallest absolute Gasteiger partial charge is 0.311 e. The summed E-state index contributed by atoms with van der Waals surface area (Å²) < 4.78 is 4.91. The summed E-state index contributed by atoms with van der Waals surface area (Å²) in [6, 6.07) is -0.881. The number of thiazole rings is 1. The average Bonchev–Trinajstić information content (AvgIpc) is 3.23. The first-order chi connectivity index (χ1) is 14.3. The predicted octanol–water partition coefficient (Wildman–Crippen LogP) is 2.55. The number of fused-ring (bicyclic) bond motifs is 1. The number of imide groups is 1. The van der Waals surface area contributed by atoms with Gasteiger partial charge in [-0.2, -0.15) is 0 Å². The highest BCUT2D eigenvalue weighted by molar-refractivity contribution is 7.13. The lowest BCUT2D eigenvalue weighted by atomic mass is 9.85. The molecule has 0 aromatic carbocycles. The second-order valence-electron chi connectivity index (χ2n) is 7.96. The van der Waals surface area contributed by atoms with Gasteiger partial charge in [-0.05, 0) is 32.1 Å². The van der Waals surface area contributed by atoms with Crippen LogP contribution in [0, 0.1) is 17.8 Å². The maximum absolute atomic E-state index is 13.1. The van der Waals surface area contributed by atoms with Crippen LogP contribution in [0.4, 0.5) is 5.13 Å². The first kappa shape index (κ1) is 22.1. The van der Waals surface area contributed by atoms with Crippen LogP contribution in [-0.2, 0) is 30.3 Å². The van der Waals surface area contributed by atoms with Crippen LogP contribution >= 0.6 is 11.3 Å². The van der Waals surface area contributed by atoms with Crippen molar-refractivity contribution in [2.24, 2.45) is 17.8 Å². The van der Waals surface area contributed by atoms with Gasteiger partial charge in [0.05, 0.1) is 30.6 Å². The van der Waals surface area contributed by atoms with E-state index >= 15 is 0 Å². The molecule has 3 unspecified atom stereocenters. The zero-order valence-corrected chi connectivity index (χ0v) is 18.2. The van der Waals surface area contributed by atoms with E-state index in [4.69, 9.17) is 4.74 Å². The van der Waals surface area contributed by atoms with Crippen molar-refractivity contribution < 1.29 is 23.9 Å². The van der Waals surface area contributed by atoms with Crippen molar-refractivity contribution in [3.05, 3.63) is 23.2 Å². The molecule has 162 valence electrons. The maximum Gasteiger partial charge on any atom is 0.311 e. The van der Waals surface area contributed by atoms with Gasteiger partial charge < -0.3 is 10.1 Å². The number of nitrogens with zero attached hydrogens (tertiary/aromatic N) is 2. The molecule has 0 bridgehead atoms. The van der Waals surface area contributed by atoms with Crippen LogP contribution < -0.4 is 5.32 Å². The van der Waals surface area contributed by atoms with Gasteiger partial charge in [0.1, 0.15) is 6.04 Å². The molecule has 2 aliphatic rings. The molecule has 0 saturated carbocycles. The molecule has 2 heterocycles. The number of anilines is 1. The molecule has 1 saturated heterocycles. The van der Waals surface area contributed by atoms with Crippen LogP contribution in [0.3, 0.4) is 0 Å². The number of hydrogen-bond donors (Lipinski definition) is 1. The average molecular weight is 434 g/mol. The summed E-state index contributed by atoms with van der Waals surface area (Å²) in [4.78, 5) is 56.0. The lowest BCUT2D eigenvalue weighted by Gasteiger charge is -2.27. The highest BCUT2D eigenvalue weighted by atomic mass is 32.1. The van der Waals surface area contributed by atoms with Crippen molar-refractivity contribution in [3.63, 3.8) is 0 Å². The van der Waals surface area contributed by atoms with Gasteiger partial charge in [-0.15, -0.1) is 11.3 Å². The Morgan fingerprint density at radius 1 is 1.23 bits per heavy atom. The fourth-order valence-electron chi connectivity index (χ4n) is 3.90. The number of amides is 3. The van der Waals surface area contributed by atoms with Crippen LogP contribution in [-0.4, -0.2) is 46.2 Å². The Labute approximate surface area is 179 Å². The number of likely N-dealkylation sites (tertiary alicyclic amines) is 1. The molecule has 1 aliphatic heterocycles. The summed E-state index contributed by atoms with van der Waals surface area (Å²) in [5, 5.41) is 4.73. The second-order valence-corrected chi connectivity index (χ2v) is 8.82. The number of nitrogens with one attached hydrogen (secondary N) is 1. The minimum atomic E-state index is -0.881. The third-order valence-corrected chi connectivity index (χ3v) is 6.07. The molecule has 1 fully saturated rings. The minimum Gasteiger partial charge on any atom is -0.466 e. The Balaban J connectivity index is 1.74. The summed E-state index contributed by atoms with van der Waals surface area (Å²) in [6.07, 6.45) is 5.31. The number of allylic oxidation sites excluding steroid dienone is 2. The fourth-order valence-corrected chi connectivity index (χ4v) is 4.62. The Hall–Kier alpha value is -2.55. The maximum atomic E-state index is 13.1. The zero-order valence-electron chi connectivity index (χ0n) is 17.4. The first-order valence-electron chi connectivity index (χ1n) is 10.2. The standard InChI is InChI=1S/C21H27N3O5S/c1-4-29-17(25)10-13-11-30-21(22-13)23-18(26)16(9-12(2)3)24-19(27)14-7-5-6-8-15(14)20(24)28/h5-6,11-12,14-16H,4,7-10H2,1-3H3,(H,22,23,26). The highest BCUT2D eigenvalue weighted by Gasteiger charge is 2.51. The van der Waals surface area contributed by atoms with Crippen molar-refractivity contribution in [2.45, 2.75) is 52.5 Å². The fraction of sp³-hybridized carbons (Fsp3) is 0.571. The SMILES string of the molecule is CCOC(=O)Cc1csc(NC(=O)C(CC(C)C)N2C(=O)C3CC=CCC3C2=O)n1. The molecule has 9 heteroatoms. The predicted molar refractivity (Wildman–Crippen MR) is 112 cm³/mol. The van der Waals surface area contributed by atoms with E-state index in [0.717, 1.165) is 0 Å². The van der Waals surface area contributed by atoms with Gasteiger partial charge in [0.25, 0.3) is 0 Å². The van der Waals surface area contributed by atoms with Gasteiger partial charge in [-0.3, -0.25) is 24.1 Å². The summed E-state index contributed by atoms with van der Waals surface area (Å²) >= 11 is 1.19. The number of rotatable bonds is 8. The second kappa shape index (κ2) is 9.51. The Morgan fingerprint density at radius 2 is 1.87 bits per heavy atom. The van der Waals surface area contributed by atoms with Gasteiger partial charge >= 0.3 is 5.97 Å². The summed E-state index contributed by atoms with van der Waals surface area (Å²) in [7, 11) is 0. The number of ether oxygens (including phenoxy) is 1. The number of esters is 1. The molecule has 1 aliphatic carbocycles. The molecule has 8 nitrogen and oxygen atoms in total. The first-order valence-corrected chi connectivity index (χ1v) is 11.1. The molecule has 3 amide bonds. The van der Waals surface area contributed by atoms with E-state index in [-0.39, 0.29) is 42.0 Å². The lowest BCUT2D eigenvalue weighted by Crippen LogP contribution is -2.48. The lowest BCUT2D eigenvalue weighted by molar-refractivity contribution is -0.147. The van der Waals surface area contributed by atoms with Gasteiger partial charge in [-0.1, -0.05) is 26.0 Å². The number of aromatic nitrogens is 1. The van der Waals surface area contributed by atoms with E-state index in [1.807, 2.05) is 26.0 Å². The largest absolute Gasteiger partial charge is 0.466 e. The number of carbonyl (C=O) groups excluding carboxylic acids is 4. The van der Waals surface area contributed by atoms with Crippen LogP contribution in [0.2, 0.25) is 0 Å². The van der Waals surface area contributed by atoms with Crippen molar-refractivity contribution in [1.29, 1.82) is 0 Å². The molecule has 1 aromatic rings. The summed E-state index contributed by atoms with van der Waals surface area (Å²) in [5.74, 6) is -1.99. The molecule has 3 atom stereocenters. The van der Waals surface area contributed by atoms with Crippen molar-refractivity contribution in [2.75, 3.05) is 11.9 Å². The Bertz CT molecular complexity index is 837.